The lowest BCUT2D eigenvalue weighted by molar-refractivity contribution is 0.0709. The molecule has 0 fully saturated rings. The molecule has 0 N–H and O–H groups in total. The first-order valence-electron chi connectivity index (χ1n) is 2.87. The number of alkyl halides is 1. The molecule has 0 aromatic rings. The highest BCUT2D eigenvalue weighted by atomic mass is 35.7. The van der Waals surface area contributed by atoms with Crippen LogP contribution in [0.3, 0.4) is 0 Å². The van der Waals surface area contributed by atoms with E-state index in [9.17, 15) is 12.8 Å². The van der Waals surface area contributed by atoms with Crippen molar-refractivity contribution in [2.45, 2.75) is 12.6 Å². The van der Waals surface area contributed by atoms with E-state index in [0.29, 0.717) is 0 Å². The Hall–Kier alpha value is 0.130. The van der Waals surface area contributed by atoms with Crippen molar-refractivity contribution >= 4 is 19.7 Å². The van der Waals surface area contributed by atoms with E-state index in [2.05, 4.69) is 4.74 Å². The molecule has 0 saturated carbocycles. The van der Waals surface area contributed by atoms with Crippen molar-refractivity contribution in [3.05, 3.63) is 0 Å². The van der Waals surface area contributed by atoms with Crippen LogP contribution in [0.5, 0.6) is 0 Å². The Bertz CT molecular complexity index is 212. The van der Waals surface area contributed by atoms with Crippen LogP contribution in [-0.2, 0) is 13.8 Å². The molecule has 11 heavy (non-hydrogen) atoms. The van der Waals surface area contributed by atoms with Crippen molar-refractivity contribution < 1.29 is 17.5 Å². The summed E-state index contributed by atoms with van der Waals surface area (Å²) in [4.78, 5) is 0. The van der Waals surface area contributed by atoms with Crippen molar-refractivity contribution in [2.75, 3.05) is 19.5 Å². The van der Waals surface area contributed by atoms with E-state index >= 15 is 0 Å². The zero-order valence-corrected chi connectivity index (χ0v) is 7.88. The Balaban J connectivity index is 4.13. The summed E-state index contributed by atoms with van der Waals surface area (Å²) in [6.07, 6.45) is 0. The van der Waals surface area contributed by atoms with Gasteiger partial charge in [0, 0.05) is 17.8 Å². The summed E-state index contributed by atoms with van der Waals surface area (Å²) in [6.45, 7) is 0.843. The van der Waals surface area contributed by atoms with Gasteiger partial charge < -0.3 is 4.74 Å². The lowest BCUT2D eigenvalue weighted by Gasteiger charge is -2.16. The average Bonchev–Trinajstić information content (AvgIpc) is 1.55. The maximum Gasteiger partial charge on any atom is 0.235 e. The van der Waals surface area contributed by atoms with Gasteiger partial charge in [0.2, 0.25) is 9.05 Å². The van der Waals surface area contributed by atoms with E-state index in [4.69, 9.17) is 10.7 Å². The summed E-state index contributed by atoms with van der Waals surface area (Å²) in [5.41, 5.74) is -1.91. The Labute approximate surface area is 69.9 Å². The van der Waals surface area contributed by atoms with Crippen molar-refractivity contribution in [3.63, 3.8) is 0 Å². The summed E-state index contributed by atoms with van der Waals surface area (Å²) in [7, 11) is 2.33. The molecule has 0 aliphatic heterocycles. The van der Waals surface area contributed by atoms with E-state index in [0.717, 1.165) is 6.92 Å². The molecule has 0 saturated heterocycles. The maximum absolute atomic E-state index is 13.0. The maximum atomic E-state index is 13.0. The smallest absolute Gasteiger partial charge is 0.235 e. The third kappa shape index (κ3) is 6.52. The number of hydrogen-bond donors (Lipinski definition) is 0. The minimum Gasteiger partial charge on any atom is -0.381 e. The van der Waals surface area contributed by atoms with E-state index in [1.165, 1.54) is 7.11 Å². The molecule has 1 atom stereocenters. The highest BCUT2D eigenvalue weighted by Gasteiger charge is 2.29. The molecule has 0 amide bonds. The molecule has 0 aliphatic carbocycles. The Morgan fingerprint density at radius 3 is 2.36 bits per heavy atom. The van der Waals surface area contributed by atoms with Gasteiger partial charge in [0.1, 0.15) is 11.4 Å². The molecule has 0 rings (SSSR count). The van der Waals surface area contributed by atoms with Crippen LogP contribution >= 0.6 is 10.7 Å². The largest absolute Gasteiger partial charge is 0.381 e. The summed E-state index contributed by atoms with van der Waals surface area (Å²) in [5, 5.41) is 0. The SMILES string of the molecule is COC[C@@](C)(F)CS(=O)(=O)Cl. The Kier molecular flexibility index (Phi) is 3.73. The van der Waals surface area contributed by atoms with Gasteiger partial charge in [0.05, 0.1) is 6.61 Å². The van der Waals surface area contributed by atoms with Gasteiger partial charge in [-0.15, -0.1) is 0 Å². The molecular formula is C5H10ClFO3S. The van der Waals surface area contributed by atoms with Crippen LogP contribution in [-0.4, -0.2) is 33.6 Å². The molecule has 0 bridgehead atoms. The number of methoxy groups -OCH3 is 1. The number of hydrogen-bond acceptors (Lipinski definition) is 3. The van der Waals surface area contributed by atoms with Gasteiger partial charge in [-0.25, -0.2) is 12.8 Å². The quantitative estimate of drug-likeness (QED) is 0.640. The third-order valence-corrected chi connectivity index (χ3v) is 2.19. The normalized spacial score (nSPS) is 17.8. The van der Waals surface area contributed by atoms with Gasteiger partial charge in [-0.3, -0.25) is 0 Å². The average molecular weight is 205 g/mol. The third-order valence-electron chi connectivity index (χ3n) is 0.919. The van der Waals surface area contributed by atoms with Gasteiger partial charge in [0.25, 0.3) is 0 Å². The van der Waals surface area contributed by atoms with Crippen LogP contribution < -0.4 is 0 Å². The van der Waals surface area contributed by atoms with Gasteiger partial charge in [-0.2, -0.15) is 0 Å². The monoisotopic (exact) mass is 204 g/mol. The molecular weight excluding hydrogens is 195 g/mol. The lowest BCUT2D eigenvalue weighted by atomic mass is 10.2. The van der Waals surface area contributed by atoms with Gasteiger partial charge >= 0.3 is 0 Å². The van der Waals surface area contributed by atoms with Crippen LogP contribution in [0.15, 0.2) is 0 Å². The molecule has 0 heterocycles. The summed E-state index contributed by atoms with van der Waals surface area (Å²) in [6, 6.07) is 0. The zero-order chi connectivity index (χ0) is 9.12. The standard InChI is InChI=1S/C5H10ClFO3S/c1-5(7,3-10-2)4-11(6,8)9/h3-4H2,1-2H3/t5-/m1/s1. The molecule has 6 heteroatoms. The van der Waals surface area contributed by atoms with Crippen molar-refractivity contribution in [2.24, 2.45) is 0 Å². The van der Waals surface area contributed by atoms with Crippen LogP contribution in [0.1, 0.15) is 6.92 Å². The molecule has 68 valence electrons. The summed E-state index contributed by atoms with van der Waals surface area (Å²) < 4.78 is 38.2. The van der Waals surface area contributed by atoms with Crippen LogP contribution in [0.2, 0.25) is 0 Å². The second kappa shape index (κ2) is 3.69. The Morgan fingerprint density at radius 1 is 1.64 bits per heavy atom. The predicted octanol–water partition coefficient (Wildman–Crippen LogP) is 0.930. The zero-order valence-electron chi connectivity index (χ0n) is 6.30. The highest BCUT2D eigenvalue weighted by Crippen LogP contribution is 2.15. The van der Waals surface area contributed by atoms with Crippen LogP contribution in [0.4, 0.5) is 4.39 Å². The second-order valence-electron chi connectivity index (χ2n) is 2.53. The molecule has 0 radical (unpaired) electrons. The van der Waals surface area contributed by atoms with E-state index < -0.39 is 20.5 Å². The molecule has 0 aromatic heterocycles. The topological polar surface area (TPSA) is 43.4 Å². The fourth-order valence-electron chi connectivity index (χ4n) is 0.702. The molecule has 0 unspecified atom stereocenters. The van der Waals surface area contributed by atoms with Gasteiger partial charge in [-0.05, 0) is 6.92 Å². The summed E-state index contributed by atoms with van der Waals surface area (Å²) >= 11 is 0. The lowest BCUT2D eigenvalue weighted by Crippen LogP contribution is -2.32. The Morgan fingerprint density at radius 2 is 2.09 bits per heavy atom. The first-order chi connectivity index (χ1) is 4.77. The highest BCUT2D eigenvalue weighted by molar-refractivity contribution is 8.13. The van der Waals surface area contributed by atoms with Gasteiger partial charge in [0.15, 0.2) is 0 Å². The van der Waals surface area contributed by atoms with Crippen molar-refractivity contribution in [3.8, 4) is 0 Å². The fourth-order valence-corrected chi connectivity index (χ4v) is 2.19. The molecule has 0 aliphatic rings. The van der Waals surface area contributed by atoms with Crippen LogP contribution in [0.25, 0.3) is 0 Å². The van der Waals surface area contributed by atoms with Crippen molar-refractivity contribution in [1.82, 2.24) is 0 Å². The minimum atomic E-state index is -3.79. The second-order valence-corrected chi connectivity index (χ2v) is 5.31. The molecule has 0 spiro atoms. The van der Waals surface area contributed by atoms with Crippen LogP contribution in [0, 0.1) is 0 Å². The van der Waals surface area contributed by atoms with Crippen molar-refractivity contribution in [1.29, 1.82) is 0 Å². The number of ether oxygens (including phenoxy) is 1. The minimum absolute atomic E-state index is 0.279. The number of halogens is 2. The predicted molar refractivity (Wildman–Crippen MR) is 41.0 cm³/mol. The first-order valence-corrected chi connectivity index (χ1v) is 5.35. The van der Waals surface area contributed by atoms with E-state index in [1.807, 2.05) is 0 Å². The number of rotatable bonds is 4. The molecule has 3 nitrogen and oxygen atoms in total. The fraction of sp³-hybridized carbons (Fsp3) is 1.00. The van der Waals surface area contributed by atoms with Gasteiger partial charge in [-0.1, -0.05) is 0 Å². The first kappa shape index (κ1) is 11.1. The van der Waals surface area contributed by atoms with E-state index in [1.54, 1.807) is 0 Å². The summed E-state index contributed by atoms with van der Waals surface area (Å²) in [5.74, 6) is -0.727. The van der Waals surface area contributed by atoms with E-state index in [-0.39, 0.29) is 6.61 Å². The molecule has 0 aromatic carbocycles.